The summed E-state index contributed by atoms with van der Waals surface area (Å²) in [5.74, 6) is -40.4. The van der Waals surface area contributed by atoms with Crippen LogP contribution >= 0.6 is 0 Å². The van der Waals surface area contributed by atoms with Gasteiger partial charge in [-0.2, -0.15) is 43.9 Å². The van der Waals surface area contributed by atoms with Crippen molar-refractivity contribution < 1.29 is 139 Å². The van der Waals surface area contributed by atoms with Gasteiger partial charge in [-0.05, 0) is 0 Å². The molecule has 0 aromatic rings. The molecule has 0 rings (SSSR count). The van der Waals surface area contributed by atoms with Gasteiger partial charge in [-0.15, -0.1) is 0 Å². The van der Waals surface area contributed by atoms with Gasteiger partial charge in [0.1, 0.15) is 10.1 Å². The van der Waals surface area contributed by atoms with E-state index < -0.39 is 76.3 Å². The molecule has 5 unspecified atom stereocenters. The van der Waals surface area contributed by atoms with E-state index in [0.717, 1.165) is 0 Å². The summed E-state index contributed by atoms with van der Waals surface area (Å²) in [7, 11) is -7.35. The van der Waals surface area contributed by atoms with Crippen molar-refractivity contribution in [2.75, 3.05) is 0 Å². The van der Waals surface area contributed by atoms with E-state index >= 15 is 0 Å². The average molecular weight is 580 g/mol. The maximum atomic E-state index is 13.4. The summed E-state index contributed by atoms with van der Waals surface area (Å²) in [6.45, 7) is 0. The van der Waals surface area contributed by atoms with Gasteiger partial charge in [0.05, 0.1) is 0 Å². The molecule has 0 amide bonds. The van der Waals surface area contributed by atoms with Crippen molar-refractivity contribution >= 4 is 10.1 Å². The first-order valence-electron chi connectivity index (χ1n) is 7.06. The fourth-order valence-electron chi connectivity index (χ4n) is 1.79. The van der Waals surface area contributed by atoms with Crippen LogP contribution in [0.25, 0.3) is 0 Å². The van der Waals surface area contributed by atoms with Crippen LogP contribution < -0.4 is 51.4 Å². The standard InChI is InChI=1S/C11H7F17O3S.K/c12-1(3(14)5(16)17)2(13)4(15)7(19,20)9(23,24)11(27,28)10(25,26)8(21,22)6(18)32(29,30)31;/h1-6H,(H,29,30,31);/q;+1/p-1. The molecule has 0 fully saturated rings. The summed E-state index contributed by atoms with van der Waals surface area (Å²) in [5.41, 5.74) is -5.97. The summed E-state index contributed by atoms with van der Waals surface area (Å²) in [6.07, 6.45) is -25.1. The Morgan fingerprint density at radius 1 is 0.545 bits per heavy atom. The van der Waals surface area contributed by atoms with Crippen molar-refractivity contribution in [3.05, 3.63) is 0 Å². The van der Waals surface area contributed by atoms with Crippen LogP contribution in [0.4, 0.5) is 74.6 Å². The van der Waals surface area contributed by atoms with E-state index in [2.05, 4.69) is 0 Å². The Hall–Kier alpha value is 0.356. The molecule has 0 saturated heterocycles. The third-order valence-corrected chi connectivity index (χ3v) is 4.44. The summed E-state index contributed by atoms with van der Waals surface area (Å²) >= 11 is 0. The third-order valence-electron chi connectivity index (χ3n) is 3.64. The van der Waals surface area contributed by atoms with Crippen LogP contribution in [0.3, 0.4) is 0 Å². The van der Waals surface area contributed by atoms with Crippen molar-refractivity contribution in [1.29, 1.82) is 0 Å². The van der Waals surface area contributed by atoms with E-state index in [-0.39, 0.29) is 51.4 Å². The Labute approximate surface area is 214 Å². The number of rotatable bonds is 11. The van der Waals surface area contributed by atoms with E-state index in [9.17, 15) is 87.6 Å². The zero-order valence-electron chi connectivity index (χ0n) is 15.0. The molecule has 5 atom stereocenters. The van der Waals surface area contributed by atoms with Crippen LogP contribution in [-0.4, -0.2) is 79.2 Å². The first kappa shape index (κ1) is 35.5. The fourth-order valence-corrected chi connectivity index (χ4v) is 2.30. The molecule has 194 valence electrons. The van der Waals surface area contributed by atoms with Crippen molar-refractivity contribution in [1.82, 2.24) is 0 Å². The molecule has 22 heteroatoms. The van der Waals surface area contributed by atoms with Gasteiger partial charge in [0.2, 0.25) is 6.17 Å². The molecular formula is C11H6F17KO3S. The van der Waals surface area contributed by atoms with Crippen LogP contribution in [0.15, 0.2) is 0 Å². The number of halogens is 17. The SMILES string of the molecule is O=S(=O)([O-])C(F)C(F)(F)C(F)(F)C(F)(F)C(F)(F)C(F)(F)C(F)C(F)C(F)C(F)C(F)F.[K+]. The van der Waals surface area contributed by atoms with Crippen molar-refractivity contribution in [3.63, 3.8) is 0 Å². The maximum Gasteiger partial charge on any atom is 1.00 e. The zero-order chi connectivity index (χ0) is 26.5. The molecule has 0 aliphatic carbocycles. The molecule has 0 spiro atoms. The van der Waals surface area contributed by atoms with E-state index in [0.29, 0.717) is 0 Å². The van der Waals surface area contributed by atoms with Crippen LogP contribution in [0.5, 0.6) is 0 Å². The van der Waals surface area contributed by atoms with Gasteiger partial charge in [0, 0.05) is 0 Å². The molecule has 0 aromatic carbocycles. The number of hydrogen-bond acceptors (Lipinski definition) is 3. The first-order valence-corrected chi connectivity index (χ1v) is 8.54. The van der Waals surface area contributed by atoms with E-state index in [1.54, 1.807) is 0 Å². The summed E-state index contributed by atoms with van der Waals surface area (Å²) in [4.78, 5) is 0. The van der Waals surface area contributed by atoms with Gasteiger partial charge in [-0.3, -0.25) is 0 Å². The fraction of sp³-hybridized carbons (Fsp3) is 1.00. The Bertz CT molecular complexity index is 759. The van der Waals surface area contributed by atoms with Crippen LogP contribution in [0.1, 0.15) is 0 Å². The second kappa shape index (κ2) is 10.8. The van der Waals surface area contributed by atoms with Gasteiger partial charge in [-0.1, -0.05) is 0 Å². The summed E-state index contributed by atoms with van der Waals surface area (Å²) in [6, 6.07) is 0. The Morgan fingerprint density at radius 2 is 0.879 bits per heavy atom. The molecule has 0 bridgehead atoms. The van der Waals surface area contributed by atoms with Crippen LogP contribution in [0, 0.1) is 0 Å². The molecule has 0 N–H and O–H groups in total. The van der Waals surface area contributed by atoms with Crippen molar-refractivity contribution in [2.24, 2.45) is 0 Å². The molecule has 0 aromatic heterocycles. The maximum absolute atomic E-state index is 13.4. The number of alkyl halides is 17. The zero-order valence-corrected chi connectivity index (χ0v) is 19.0. The third kappa shape index (κ3) is 6.02. The summed E-state index contributed by atoms with van der Waals surface area (Å²) in [5, 5.41) is 0. The molecule has 0 aliphatic heterocycles. The minimum atomic E-state index is -8.43. The predicted molar refractivity (Wildman–Crippen MR) is 64.9 cm³/mol. The smallest absolute Gasteiger partial charge is 0.746 e. The van der Waals surface area contributed by atoms with Gasteiger partial charge >= 0.3 is 81.0 Å². The van der Waals surface area contributed by atoms with Gasteiger partial charge in [-0.25, -0.2) is 39.2 Å². The van der Waals surface area contributed by atoms with Crippen molar-refractivity contribution in [3.8, 4) is 0 Å². The van der Waals surface area contributed by atoms with E-state index in [1.807, 2.05) is 0 Å². The normalized spacial score (nSPS) is 19.5. The predicted octanol–water partition coefficient (Wildman–Crippen LogP) is 1.63. The largest absolute Gasteiger partial charge is 1.00 e. The second-order valence-corrected chi connectivity index (χ2v) is 7.25. The van der Waals surface area contributed by atoms with Gasteiger partial charge < -0.3 is 4.55 Å². The molecule has 0 aliphatic rings. The molecule has 0 saturated carbocycles. The van der Waals surface area contributed by atoms with E-state index in [1.165, 1.54) is 0 Å². The van der Waals surface area contributed by atoms with Gasteiger partial charge in [0.15, 0.2) is 18.5 Å². The molecule has 3 nitrogen and oxygen atoms in total. The van der Waals surface area contributed by atoms with E-state index in [4.69, 9.17) is 0 Å². The Kier molecular flexibility index (Phi) is 11.6. The van der Waals surface area contributed by atoms with Gasteiger partial charge in [0.25, 0.3) is 11.9 Å². The van der Waals surface area contributed by atoms with Crippen LogP contribution in [0.2, 0.25) is 0 Å². The topological polar surface area (TPSA) is 57.2 Å². The average Bonchev–Trinajstić information content (AvgIpc) is 2.63. The first-order chi connectivity index (χ1) is 13.7. The minimum absolute atomic E-state index is 0. The van der Waals surface area contributed by atoms with Crippen LogP contribution in [-0.2, 0) is 10.1 Å². The second-order valence-electron chi connectivity index (χ2n) is 5.85. The molecular weight excluding hydrogens is 574 g/mol. The Balaban J connectivity index is 0. The molecule has 0 heterocycles. The minimum Gasteiger partial charge on any atom is -0.746 e. The molecule has 33 heavy (non-hydrogen) atoms. The molecule has 0 radical (unpaired) electrons. The monoisotopic (exact) mass is 580 g/mol. The quantitative estimate of drug-likeness (QED) is 0.212. The Morgan fingerprint density at radius 3 is 1.18 bits per heavy atom. The van der Waals surface area contributed by atoms with Crippen molar-refractivity contribution in [2.45, 2.75) is 66.2 Å². The summed E-state index contributed by atoms with van der Waals surface area (Å²) < 4.78 is 251. The number of hydrogen-bond donors (Lipinski definition) is 0.